The van der Waals surface area contributed by atoms with E-state index in [9.17, 15) is 18.4 Å². The number of aryl methyl sites for hydroxylation is 4. The Kier molecular flexibility index (Phi) is 6.89. The Balaban J connectivity index is 1.64. The maximum absolute atomic E-state index is 14.9. The van der Waals surface area contributed by atoms with Crippen molar-refractivity contribution in [1.82, 2.24) is 9.13 Å². The summed E-state index contributed by atoms with van der Waals surface area (Å²) in [5, 5.41) is 15.1. The molecule has 7 heteroatoms. The van der Waals surface area contributed by atoms with Crippen molar-refractivity contribution >= 4 is 49.3 Å². The van der Waals surface area contributed by atoms with Crippen molar-refractivity contribution < 1.29 is 13.2 Å². The van der Waals surface area contributed by atoms with Gasteiger partial charge in [-0.05, 0) is 85.8 Å². The van der Waals surface area contributed by atoms with Gasteiger partial charge < -0.3 is 9.13 Å². The number of nitrogens with zero attached hydrogens (tertiary/aromatic N) is 4. The van der Waals surface area contributed by atoms with E-state index in [0.717, 1.165) is 71.9 Å². The normalized spacial score (nSPS) is 11.9. The van der Waals surface area contributed by atoms with Crippen LogP contribution in [0.3, 0.4) is 0 Å². The van der Waals surface area contributed by atoms with Crippen molar-refractivity contribution in [1.29, 1.82) is 5.26 Å². The van der Waals surface area contributed by atoms with E-state index < -0.39 is 11.7 Å². The van der Waals surface area contributed by atoms with Crippen LogP contribution in [0.4, 0.5) is 18.9 Å². The molecule has 0 atom stereocenters. The van der Waals surface area contributed by atoms with Crippen LogP contribution in [0.2, 0.25) is 0 Å². The molecule has 4 nitrogen and oxygen atoms in total. The Morgan fingerprint density at radius 3 is 1.50 bits per heavy atom. The number of fused-ring (bicyclic) bond motifs is 6. The van der Waals surface area contributed by atoms with Gasteiger partial charge in [0, 0.05) is 27.1 Å². The highest BCUT2D eigenvalue weighted by Crippen LogP contribution is 2.48. The molecule has 0 aliphatic carbocycles. The second-order valence-electron chi connectivity index (χ2n) is 13.0. The molecule has 0 N–H and O–H groups in total. The van der Waals surface area contributed by atoms with E-state index in [1.165, 1.54) is 12.1 Å². The van der Waals surface area contributed by atoms with Gasteiger partial charge >= 0.3 is 6.18 Å². The van der Waals surface area contributed by atoms with Gasteiger partial charge in [0.1, 0.15) is 11.6 Å². The van der Waals surface area contributed by atoms with E-state index in [1.807, 2.05) is 73.2 Å². The number of aromatic nitrogens is 2. The highest BCUT2D eigenvalue weighted by atomic mass is 19.4. The van der Waals surface area contributed by atoms with Crippen LogP contribution in [0, 0.1) is 45.6 Å². The van der Waals surface area contributed by atoms with E-state index >= 15 is 0 Å². The van der Waals surface area contributed by atoms with Crippen LogP contribution in [-0.4, -0.2) is 9.13 Å². The van der Waals surface area contributed by atoms with Gasteiger partial charge in [0.2, 0.25) is 0 Å². The van der Waals surface area contributed by atoms with Crippen molar-refractivity contribution in [2.45, 2.75) is 33.9 Å². The standard InChI is InChI=1S/C43H29F3N4/c1-24-9-13-28-29-14-10-25(2)20-38(29)49(37(28)19-24)36-18-17-32(41-34(43(44,45)46)7-6-8-35(41)48-5)42(33(36)23-47)50-39-21-26(3)11-15-30(39)31-16-12-27(4)22-40(31)50/h6-22H,1-4H3. The lowest BCUT2D eigenvalue weighted by molar-refractivity contribution is -0.137. The lowest BCUT2D eigenvalue weighted by atomic mass is 9.92. The minimum absolute atomic E-state index is 0.144. The van der Waals surface area contributed by atoms with Crippen LogP contribution in [0.25, 0.3) is 71.0 Å². The largest absolute Gasteiger partial charge is 0.415 e. The van der Waals surface area contributed by atoms with Crippen molar-refractivity contribution in [3.8, 4) is 28.6 Å². The molecule has 0 bridgehead atoms. The maximum Gasteiger partial charge on any atom is 0.415 e. The van der Waals surface area contributed by atoms with Crippen LogP contribution < -0.4 is 0 Å². The quantitative estimate of drug-likeness (QED) is 0.174. The Labute approximate surface area is 286 Å². The van der Waals surface area contributed by atoms with Gasteiger partial charge in [-0.3, -0.25) is 0 Å². The average Bonchev–Trinajstić information content (AvgIpc) is 3.56. The number of nitriles is 1. The number of hydrogen-bond donors (Lipinski definition) is 0. The Bertz CT molecular complexity index is 2700. The van der Waals surface area contributed by atoms with Crippen molar-refractivity contribution in [3.05, 3.63) is 148 Å². The lowest BCUT2D eigenvalue weighted by Gasteiger charge is -2.23. The molecule has 0 fully saturated rings. The zero-order chi connectivity index (χ0) is 35.1. The number of hydrogen-bond acceptors (Lipinski definition) is 1. The average molecular weight is 659 g/mol. The summed E-state index contributed by atoms with van der Waals surface area (Å²) in [7, 11) is 0. The fourth-order valence-electron chi connectivity index (χ4n) is 7.44. The van der Waals surface area contributed by atoms with E-state index in [2.05, 4.69) is 47.3 Å². The molecule has 0 aliphatic rings. The van der Waals surface area contributed by atoms with E-state index in [1.54, 1.807) is 12.1 Å². The van der Waals surface area contributed by atoms with Crippen LogP contribution in [0.5, 0.6) is 0 Å². The second-order valence-corrected chi connectivity index (χ2v) is 13.0. The number of rotatable bonds is 3. The summed E-state index contributed by atoms with van der Waals surface area (Å²) in [6.45, 7) is 15.9. The van der Waals surface area contributed by atoms with Crippen molar-refractivity contribution in [2.75, 3.05) is 0 Å². The topological polar surface area (TPSA) is 38.0 Å². The lowest BCUT2D eigenvalue weighted by Crippen LogP contribution is -2.10. The second kappa shape index (κ2) is 11.1. The molecule has 0 amide bonds. The first kappa shape index (κ1) is 31.0. The minimum atomic E-state index is -4.76. The summed E-state index contributed by atoms with van der Waals surface area (Å²) in [5.74, 6) is 0. The summed E-state index contributed by atoms with van der Waals surface area (Å²) in [5.41, 5.74) is 7.09. The molecule has 0 saturated heterocycles. The molecule has 0 unspecified atom stereocenters. The third-order valence-electron chi connectivity index (χ3n) is 9.63. The Morgan fingerprint density at radius 1 is 0.620 bits per heavy atom. The van der Waals surface area contributed by atoms with Gasteiger partial charge in [0.15, 0.2) is 5.69 Å². The van der Waals surface area contributed by atoms with Gasteiger partial charge in [0.05, 0.1) is 45.6 Å². The van der Waals surface area contributed by atoms with E-state index in [0.29, 0.717) is 5.69 Å². The van der Waals surface area contributed by atoms with Gasteiger partial charge in [-0.2, -0.15) is 18.4 Å². The molecule has 0 saturated carbocycles. The summed E-state index contributed by atoms with van der Waals surface area (Å²) in [4.78, 5) is 3.58. The minimum Gasteiger partial charge on any atom is -0.308 e. The molecule has 8 aromatic rings. The number of alkyl halides is 3. The molecule has 6 aromatic carbocycles. The van der Waals surface area contributed by atoms with Crippen LogP contribution in [-0.2, 0) is 6.18 Å². The fourth-order valence-corrected chi connectivity index (χ4v) is 7.44. The number of halogens is 3. The molecule has 8 rings (SSSR count). The SMILES string of the molecule is [C-]#[N+]c1cccc(C(F)(F)F)c1-c1ccc(-n2c3cc(C)ccc3c3ccc(C)cc32)c(C#N)c1-n1c2cc(C)ccc2c2ccc(C)cc21. The number of benzene rings is 6. The van der Waals surface area contributed by atoms with E-state index in [-0.39, 0.29) is 28.1 Å². The molecule has 0 aliphatic heterocycles. The smallest absolute Gasteiger partial charge is 0.308 e. The van der Waals surface area contributed by atoms with E-state index in [4.69, 9.17) is 6.57 Å². The summed E-state index contributed by atoms with van der Waals surface area (Å²) >= 11 is 0. The van der Waals surface area contributed by atoms with Gasteiger partial charge in [-0.1, -0.05) is 72.8 Å². The predicted octanol–water partition coefficient (Wildman–Crippen LogP) is 12.2. The predicted molar refractivity (Wildman–Crippen MR) is 195 cm³/mol. The fraction of sp³-hybridized carbons (Fsp3) is 0.116. The van der Waals surface area contributed by atoms with Crippen LogP contribution in [0.15, 0.2) is 103 Å². The summed E-state index contributed by atoms with van der Waals surface area (Å²) in [6, 6.07) is 33.9. The molecule has 50 heavy (non-hydrogen) atoms. The zero-order valence-electron chi connectivity index (χ0n) is 27.7. The molecule has 0 spiro atoms. The molecular weight excluding hydrogens is 629 g/mol. The maximum atomic E-state index is 14.9. The molecule has 242 valence electrons. The molecular formula is C43H29F3N4. The highest BCUT2D eigenvalue weighted by Gasteiger charge is 2.36. The van der Waals surface area contributed by atoms with Gasteiger partial charge in [-0.25, -0.2) is 4.85 Å². The first-order chi connectivity index (χ1) is 24.0. The first-order valence-electron chi connectivity index (χ1n) is 16.2. The molecule has 2 aromatic heterocycles. The highest BCUT2D eigenvalue weighted by molar-refractivity contribution is 6.12. The summed E-state index contributed by atoms with van der Waals surface area (Å²) in [6.07, 6.45) is -4.76. The van der Waals surface area contributed by atoms with Gasteiger partial charge in [-0.15, -0.1) is 0 Å². The Morgan fingerprint density at radius 2 is 1.08 bits per heavy atom. The first-order valence-corrected chi connectivity index (χ1v) is 16.2. The van der Waals surface area contributed by atoms with Crippen LogP contribution >= 0.6 is 0 Å². The third kappa shape index (κ3) is 4.59. The van der Waals surface area contributed by atoms with Crippen molar-refractivity contribution in [3.63, 3.8) is 0 Å². The molecule has 0 radical (unpaired) electrons. The summed E-state index contributed by atoms with van der Waals surface area (Å²) < 4.78 is 48.6. The monoisotopic (exact) mass is 658 g/mol. The zero-order valence-corrected chi connectivity index (χ0v) is 27.7. The Hall–Kier alpha value is -6.31. The third-order valence-corrected chi connectivity index (χ3v) is 9.63. The van der Waals surface area contributed by atoms with Crippen LogP contribution in [0.1, 0.15) is 33.4 Å². The van der Waals surface area contributed by atoms with Gasteiger partial charge in [0.25, 0.3) is 0 Å². The molecule has 2 heterocycles. The van der Waals surface area contributed by atoms with Crippen molar-refractivity contribution in [2.24, 2.45) is 0 Å².